The summed E-state index contributed by atoms with van der Waals surface area (Å²) in [5, 5.41) is 9.22. The molecule has 0 radical (unpaired) electrons. The zero-order chi connectivity index (χ0) is 41.2. The number of hydrogen-bond acceptors (Lipinski definition) is 7. The second kappa shape index (κ2) is 34.5. The van der Waals surface area contributed by atoms with Crippen molar-refractivity contribution in [1.82, 2.24) is 9.80 Å². The van der Waals surface area contributed by atoms with E-state index in [4.69, 9.17) is 9.47 Å². The highest BCUT2D eigenvalue weighted by molar-refractivity contribution is 5.72. The number of unbranched alkanes of at least 4 members (excludes halogenated alkanes) is 17. The van der Waals surface area contributed by atoms with E-state index in [9.17, 15) is 14.7 Å². The van der Waals surface area contributed by atoms with Crippen LogP contribution in [0.25, 0.3) is 0 Å². The van der Waals surface area contributed by atoms with E-state index in [1.165, 1.54) is 142 Å². The monoisotopic (exact) mass is 805 g/mol. The van der Waals surface area contributed by atoms with Gasteiger partial charge in [0.25, 0.3) is 0 Å². The Balaban J connectivity index is 2.01. The summed E-state index contributed by atoms with van der Waals surface area (Å²) < 4.78 is 12.3. The molecule has 0 amide bonds. The largest absolute Gasteiger partial charge is 0.465 e. The van der Waals surface area contributed by atoms with Crippen molar-refractivity contribution < 1.29 is 24.2 Å². The lowest BCUT2D eigenvalue weighted by Crippen LogP contribution is -2.50. The molecule has 0 bridgehead atoms. The molecule has 0 saturated carbocycles. The summed E-state index contributed by atoms with van der Waals surface area (Å²) >= 11 is 0. The Kier molecular flexibility index (Phi) is 31.5. The van der Waals surface area contributed by atoms with Crippen LogP contribution < -0.4 is 0 Å². The number of ether oxygens (including phenoxy) is 2. The van der Waals surface area contributed by atoms with Gasteiger partial charge in [-0.25, -0.2) is 0 Å². The molecule has 0 aromatic heterocycles. The molecule has 2 rings (SSSR count). The lowest BCUT2D eigenvalue weighted by Gasteiger charge is -2.48. The Hall–Kier alpha value is -1.18. The average Bonchev–Trinajstić information content (AvgIpc) is 3.22. The fourth-order valence-electron chi connectivity index (χ4n) is 9.64. The van der Waals surface area contributed by atoms with Gasteiger partial charge in [-0.15, -0.1) is 0 Å². The van der Waals surface area contributed by atoms with Crippen LogP contribution >= 0.6 is 0 Å². The maximum atomic E-state index is 13.6. The van der Waals surface area contributed by atoms with Crippen molar-refractivity contribution in [2.24, 2.45) is 17.3 Å². The number of rotatable bonds is 37. The summed E-state index contributed by atoms with van der Waals surface area (Å²) in [7, 11) is 0. The van der Waals surface area contributed by atoms with Gasteiger partial charge in [0.15, 0.2) is 0 Å². The Morgan fingerprint density at radius 1 is 0.491 bits per heavy atom. The zero-order valence-corrected chi connectivity index (χ0v) is 38.5. The van der Waals surface area contributed by atoms with Crippen molar-refractivity contribution in [1.29, 1.82) is 0 Å². The summed E-state index contributed by atoms with van der Waals surface area (Å²) in [6.07, 6.45) is 37.0. The normalized spacial score (nSPS) is 17.8. The molecule has 1 spiro atoms. The molecule has 0 aromatic carbocycles. The third-order valence-corrected chi connectivity index (χ3v) is 13.9. The molecule has 336 valence electrons. The predicted molar refractivity (Wildman–Crippen MR) is 241 cm³/mol. The van der Waals surface area contributed by atoms with Crippen LogP contribution in [0.15, 0.2) is 0 Å². The highest BCUT2D eigenvalue weighted by Gasteiger charge is 2.39. The first-order chi connectivity index (χ1) is 27.9. The Morgan fingerprint density at radius 3 is 1.26 bits per heavy atom. The first-order valence-electron chi connectivity index (χ1n) is 25.3. The van der Waals surface area contributed by atoms with Gasteiger partial charge in [0.1, 0.15) is 0 Å². The number of carbonyl (C=O) groups excluding carboxylic acids is 2. The van der Waals surface area contributed by atoms with E-state index in [-0.39, 0.29) is 29.8 Å². The number of carbonyl (C=O) groups is 2. The fraction of sp³-hybridized carbons (Fsp3) is 0.960. The lowest BCUT2D eigenvalue weighted by atomic mass is 9.71. The van der Waals surface area contributed by atoms with Crippen LogP contribution in [0.1, 0.15) is 233 Å². The van der Waals surface area contributed by atoms with Gasteiger partial charge < -0.3 is 24.4 Å². The number of nitrogens with zero attached hydrogens (tertiary/aromatic N) is 2. The van der Waals surface area contributed by atoms with Crippen LogP contribution in [0.2, 0.25) is 0 Å². The minimum absolute atomic E-state index is 0.0224. The van der Waals surface area contributed by atoms with E-state index in [1.807, 2.05) is 0 Å². The number of likely N-dealkylation sites (tertiary alicyclic amines) is 2. The molecule has 7 nitrogen and oxygen atoms in total. The first kappa shape index (κ1) is 52.0. The van der Waals surface area contributed by atoms with E-state index >= 15 is 0 Å². The van der Waals surface area contributed by atoms with E-state index in [0.717, 1.165) is 96.7 Å². The van der Waals surface area contributed by atoms with Gasteiger partial charge in [-0.2, -0.15) is 0 Å². The third-order valence-electron chi connectivity index (χ3n) is 13.9. The summed E-state index contributed by atoms with van der Waals surface area (Å²) in [6.45, 7) is 15.9. The van der Waals surface area contributed by atoms with E-state index in [0.29, 0.717) is 25.2 Å². The molecule has 57 heavy (non-hydrogen) atoms. The zero-order valence-electron chi connectivity index (χ0n) is 38.5. The van der Waals surface area contributed by atoms with Crippen LogP contribution in [-0.4, -0.2) is 85.4 Å². The Bertz CT molecular complexity index is 893. The molecule has 7 heteroatoms. The molecule has 1 N–H and O–H groups in total. The van der Waals surface area contributed by atoms with E-state index in [1.54, 1.807) is 0 Å². The molecule has 0 aliphatic carbocycles. The predicted octanol–water partition coefficient (Wildman–Crippen LogP) is 12.8. The Morgan fingerprint density at radius 2 is 0.860 bits per heavy atom. The molecular weight excluding hydrogens is 709 g/mol. The summed E-state index contributed by atoms with van der Waals surface area (Å²) in [5.41, 5.74) is 0.441. The maximum Gasteiger partial charge on any atom is 0.308 e. The van der Waals surface area contributed by atoms with Crippen LogP contribution in [0.3, 0.4) is 0 Å². The van der Waals surface area contributed by atoms with Gasteiger partial charge in [0, 0.05) is 12.6 Å². The highest BCUT2D eigenvalue weighted by Crippen LogP contribution is 2.42. The van der Waals surface area contributed by atoms with Gasteiger partial charge in [-0.05, 0) is 115 Å². The minimum Gasteiger partial charge on any atom is -0.465 e. The summed E-state index contributed by atoms with van der Waals surface area (Å²) in [5.74, 6) is 0.0961. The molecular formula is C50H96N2O5. The average molecular weight is 805 g/mol. The minimum atomic E-state index is 0.0224. The maximum absolute atomic E-state index is 13.6. The fourth-order valence-corrected chi connectivity index (χ4v) is 9.64. The number of aliphatic hydroxyl groups is 1. The molecule has 2 saturated heterocycles. The smallest absolute Gasteiger partial charge is 0.308 e. The van der Waals surface area contributed by atoms with Crippen LogP contribution in [0.4, 0.5) is 0 Å². The molecule has 2 atom stereocenters. The number of esters is 2. The first-order valence-corrected chi connectivity index (χ1v) is 25.3. The van der Waals surface area contributed by atoms with Crippen molar-refractivity contribution in [3.63, 3.8) is 0 Å². The highest BCUT2D eigenvalue weighted by atomic mass is 16.5. The van der Waals surface area contributed by atoms with Crippen LogP contribution in [0.5, 0.6) is 0 Å². The molecule has 2 aliphatic heterocycles. The number of aliphatic hydroxyl groups excluding tert-OH is 1. The quantitative estimate of drug-likeness (QED) is 0.0495. The Labute approximate surface area is 353 Å². The standard InChI is InChI=1S/C50H96N2O5/c1-5-9-13-17-19-23-29-45(27-21-15-11-7-3)48(54)56-43-31-47(52-40-35-50(36-41-52)33-38-51(39-34-50)37-25-26-42-53)32-44-57-49(55)46(28-22-16-12-8-4)30-24-20-18-14-10-6-2/h45-47,53H,5-44H2,1-4H3. The molecule has 2 heterocycles. The SMILES string of the molecule is CCCCCCCCC(CCCCCC)C(=O)OCCC(CCOC(=O)C(CCCCCC)CCCCCCCC)N1CCC2(CCN(CCCCO)CC2)CC1. The topological polar surface area (TPSA) is 79.3 Å². The van der Waals surface area contributed by atoms with Gasteiger partial charge in [0.2, 0.25) is 0 Å². The van der Waals surface area contributed by atoms with Gasteiger partial charge in [-0.1, -0.05) is 156 Å². The van der Waals surface area contributed by atoms with Crippen molar-refractivity contribution in [3.8, 4) is 0 Å². The molecule has 0 aromatic rings. The van der Waals surface area contributed by atoms with E-state index in [2.05, 4.69) is 37.5 Å². The van der Waals surface area contributed by atoms with Crippen molar-refractivity contribution >= 4 is 11.9 Å². The molecule has 2 aliphatic rings. The number of piperidine rings is 2. The molecule has 2 unspecified atom stereocenters. The second-order valence-corrected chi connectivity index (χ2v) is 18.6. The van der Waals surface area contributed by atoms with Crippen molar-refractivity contribution in [2.75, 3.05) is 52.5 Å². The van der Waals surface area contributed by atoms with Gasteiger partial charge in [0.05, 0.1) is 25.0 Å². The van der Waals surface area contributed by atoms with Crippen LogP contribution in [0, 0.1) is 17.3 Å². The third kappa shape index (κ3) is 24.0. The summed E-state index contributed by atoms with van der Waals surface area (Å²) in [4.78, 5) is 32.4. The van der Waals surface area contributed by atoms with Crippen molar-refractivity contribution in [2.45, 2.75) is 239 Å². The summed E-state index contributed by atoms with van der Waals surface area (Å²) in [6, 6.07) is 0.254. The number of hydrogen-bond donors (Lipinski definition) is 1. The van der Waals surface area contributed by atoms with Gasteiger partial charge >= 0.3 is 11.9 Å². The van der Waals surface area contributed by atoms with E-state index < -0.39 is 0 Å². The second-order valence-electron chi connectivity index (χ2n) is 18.6. The lowest BCUT2D eigenvalue weighted by molar-refractivity contribution is -0.150. The molecule has 2 fully saturated rings. The van der Waals surface area contributed by atoms with Crippen molar-refractivity contribution in [3.05, 3.63) is 0 Å². The van der Waals surface area contributed by atoms with Crippen LogP contribution in [-0.2, 0) is 19.1 Å². The van der Waals surface area contributed by atoms with Gasteiger partial charge in [-0.3, -0.25) is 9.59 Å².